The second-order valence-corrected chi connectivity index (χ2v) is 4.74. The SMILES string of the molecule is COc1ccc(OCCn2nnc(-c3ccc(F)cc3)n2)cc1. The summed E-state index contributed by atoms with van der Waals surface area (Å²) in [6, 6.07) is 13.3. The third kappa shape index (κ3) is 3.82. The van der Waals surface area contributed by atoms with Crippen LogP contribution in [0, 0.1) is 5.82 Å². The van der Waals surface area contributed by atoms with Crippen LogP contribution in [-0.4, -0.2) is 33.9 Å². The molecule has 2 aromatic carbocycles. The van der Waals surface area contributed by atoms with Gasteiger partial charge in [-0.05, 0) is 53.7 Å². The Bertz CT molecular complexity index is 757. The fourth-order valence-corrected chi connectivity index (χ4v) is 1.97. The molecule has 118 valence electrons. The molecule has 0 amide bonds. The number of halogens is 1. The Labute approximate surface area is 132 Å². The highest BCUT2D eigenvalue weighted by Crippen LogP contribution is 2.17. The number of ether oxygens (including phenoxy) is 2. The van der Waals surface area contributed by atoms with Crippen molar-refractivity contribution in [1.29, 1.82) is 0 Å². The summed E-state index contributed by atoms with van der Waals surface area (Å²) < 4.78 is 23.6. The maximum atomic E-state index is 12.9. The Morgan fingerprint density at radius 2 is 1.70 bits per heavy atom. The van der Waals surface area contributed by atoms with Gasteiger partial charge in [0.15, 0.2) is 0 Å². The Hall–Kier alpha value is -2.96. The highest BCUT2D eigenvalue weighted by molar-refractivity contribution is 5.53. The van der Waals surface area contributed by atoms with Gasteiger partial charge in [-0.3, -0.25) is 0 Å². The zero-order chi connectivity index (χ0) is 16.1. The number of rotatable bonds is 6. The summed E-state index contributed by atoms with van der Waals surface area (Å²) in [5, 5.41) is 12.1. The van der Waals surface area contributed by atoms with Crippen molar-refractivity contribution in [1.82, 2.24) is 20.2 Å². The van der Waals surface area contributed by atoms with E-state index in [1.165, 1.54) is 16.9 Å². The van der Waals surface area contributed by atoms with Crippen molar-refractivity contribution in [3.8, 4) is 22.9 Å². The molecule has 0 saturated heterocycles. The third-order valence-electron chi connectivity index (χ3n) is 3.17. The van der Waals surface area contributed by atoms with Crippen molar-refractivity contribution in [3.05, 3.63) is 54.3 Å². The lowest BCUT2D eigenvalue weighted by atomic mass is 10.2. The number of benzene rings is 2. The number of tetrazole rings is 1. The lowest BCUT2D eigenvalue weighted by molar-refractivity contribution is 0.280. The first kappa shape index (κ1) is 15.0. The maximum absolute atomic E-state index is 12.9. The van der Waals surface area contributed by atoms with Crippen LogP contribution >= 0.6 is 0 Å². The minimum atomic E-state index is -0.297. The van der Waals surface area contributed by atoms with Gasteiger partial charge in [-0.2, -0.15) is 4.80 Å². The van der Waals surface area contributed by atoms with Crippen LogP contribution in [0.5, 0.6) is 11.5 Å². The first-order valence-corrected chi connectivity index (χ1v) is 7.05. The van der Waals surface area contributed by atoms with Crippen molar-refractivity contribution in [3.63, 3.8) is 0 Å². The summed E-state index contributed by atoms with van der Waals surface area (Å²) >= 11 is 0. The van der Waals surface area contributed by atoms with Gasteiger partial charge in [0.25, 0.3) is 0 Å². The summed E-state index contributed by atoms with van der Waals surface area (Å²) in [7, 11) is 1.62. The van der Waals surface area contributed by atoms with E-state index >= 15 is 0 Å². The number of hydrogen-bond acceptors (Lipinski definition) is 5. The molecule has 23 heavy (non-hydrogen) atoms. The minimum absolute atomic E-state index is 0.297. The normalized spacial score (nSPS) is 10.5. The van der Waals surface area contributed by atoms with Gasteiger partial charge in [0, 0.05) is 5.56 Å². The van der Waals surface area contributed by atoms with Gasteiger partial charge in [0.05, 0.1) is 13.7 Å². The monoisotopic (exact) mass is 314 g/mol. The van der Waals surface area contributed by atoms with Crippen LogP contribution < -0.4 is 9.47 Å². The molecule has 0 spiro atoms. The Balaban J connectivity index is 1.55. The summed E-state index contributed by atoms with van der Waals surface area (Å²) in [5.74, 6) is 1.67. The standard InChI is InChI=1S/C16H15FN4O2/c1-22-14-6-8-15(9-7-14)23-11-10-21-19-16(18-20-21)12-2-4-13(17)5-3-12/h2-9H,10-11H2,1H3. The third-order valence-corrected chi connectivity index (χ3v) is 3.17. The zero-order valence-electron chi connectivity index (χ0n) is 12.5. The quantitative estimate of drug-likeness (QED) is 0.700. The van der Waals surface area contributed by atoms with E-state index in [4.69, 9.17) is 9.47 Å². The van der Waals surface area contributed by atoms with E-state index in [2.05, 4.69) is 15.4 Å². The number of nitrogens with zero attached hydrogens (tertiary/aromatic N) is 4. The summed E-state index contributed by atoms with van der Waals surface area (Å²) in [6.07, 6.45) is 0. The molecule has 3 rings (SSSR count). The fourth-order valence-electron chi connectivity index (χ4n) is 1.97. The van der Waals surface area contributed by atoms with Gasteiger partial charge in [-0.15, -0.1) is 10.2 Å². The van der Waals surface area contributed by atoms with E-state index in [1.54, 1.807) is 19.2 Å². The molecule has 0 radical (unpaired) electrons. The van der Waals surface area contributed by atoms with Gasteiger partial charge < -0.3 is 9.47 Å². The zero-order valence-corrected chi connectivity index (χ0v) is 12.5. The summed E-state index contributed by atoms with van der Waals surface area (Å²) in [4.78, 5) is 1.45. The predicted octanol–water partition coefficient (Wildman–Crippen LogP) is 2.57. The number of hydrogen-bond donors (Lipinski definition) is 0. The van der Waals surface area contributed by atoms with E-state index in [0.29, 0.717) is 24.5 Å². The fraction of sp³-hybridized carbons (Fsp3) is 0.188. The molecule has 0 N–H and O–H groups in total. The van der Waals surface area contributed by atoms with Crippen LogP contribution in [0.3, 0.4) is 0 Å². The van der Waals surface area contributed by atoms with E-state index < -0.39 is 0 Å². The minimum Gasteiger partial charge on any atom is -0.497 e. The van der Waals surface area contributed by atoms with E-state index in [1.807, 2.05) is 24.3 Å². The van der Waals surface area contributed by atoms with Crippen LogP contribution in [0.25, 0.3) is 11.4 Å². The van der Waals surface area contributed by atoms with Gasteiger partial charge in [0.1, 0.15) is 23.9 Å². The van der Waals surface area contributed by atoms with E-state index in [-0.39, 0.29) is 5.82 Å². The van der Waals surface area contributed by atoms with Crippen LogP contribution in [0.15, 0.2) is 48.5 Å². The highest BCUT2D eigenvalue weighted by atomic mass is 19.1. The molecular formula is C16H15FN4O2. The first-order chi connectivity index (χ1) is 11.2. The Kier molecular flexibility index (Phi) is 4.46. The molecule has 0 aliphatic carbocycles. The smallest absolute Gasteiger partial charge is 0.204 e. The second-order valence-electron chi connectivity index (χ2n) is 4.74. The van der Waals surface area contributed by atoms with Crippen molar-refractivity contribution in [2.45, 2.75) is 6.54 Å². The van der Waals surface area contributed by atoms with Crippen LogP contribution in [0.4, 0.5) is 4.39 Å². The largest absolute Gasteiger partial charge is 0.497 e. The van der Waals surface area contributed by atoms with E-state index in [0.717, 1.165) is 11.5 Å². The van der Waals surface area contributed by atoms with Gasteiger partial charge in [-0.25, -0.2) is 4.39 Å². The van der Waals surface area contributed by atoms with Crippen LogP contribution in [0.2, 0.25) is 0 Å². The van der Waals surface area contributed by atoms with Crippen LogP contribution in [-0.2, 0) is 6.54 Å². The molecule has 1 heterocycles. The van der Waals surface area contributed by atoms with Gasteiger partial charge in [-0.1, -0.05) is 0 Å². The van der Waals surface area contributed by atoms with Crippen molar-refractivity contribution in [2.24, 2.45) is 0 Å². The van der Waals surface area contributed by atoms with Gasteiger partial charge in [0.2, 0.25) is 5.82 Å². The van der Waals surface area contributed by atoms with Crippen molar-refractivity contribution < 1.29 is 13.9 Å². The molecule has 6 nitrogen and oxygen atoms in total. The molecule has 1 aromatic heterocycles. The molecule has 0 fully saturated rings. The molecule has 0 unspecified atom stereocenters. The number of aromatic nitrogens is 4. The molecule has 0 aliphatic heterocycles. The summed E-state index contributed by atoms with van der Waals surface area (Å²) in [6.45, 7) is 0.867. The van der Waals surface area contributed by atoms with Crippen molar-refractivity contribution in [2.75, 3.05) is 13.7 Å². The molecule has 3 aromatic rings. The highest BCUT2D eigenvalue weighted by Gasteiger charge is 2.06. The molecule has 0 saturated carbocycles. The molecule has 0 aliphatic rings. The molecule has 7 heteroatoms. The number of methoxy groups -OCH3 is 1. The van der Waals surface area contributed by atoms with Gasteiger partial charge >= 0.3 is 0 Å². The maximum Gasteiger partial charge on any atom is 0.204 e. The van der Waals surface area contributed by atoms with Crippen molar-refractivity contribution >= 4 is 0 Å². The average molecular weight is 314 g/mol. The molecule has 0 atom stereocenters. The van der Waals surface area contributed by atoms with Crippen LogP contribution in [0.1, 0.15) is 0 Å². The Morgan fingerprint density at radius 1 is 1.00 bits per heavy atom. The second kappa shape index (κ2) is 6.87. The molecule has 0 bridgehead atoms. The topological polar surface area (TPSA) is 62.1 Å². The predicted molar refractivity (Wildman–Crippen MR) is 81.7 cm³/mol. The lowest BCUT2D eigenvalue weighted by Gasteiger charge is -2.06. The Morgan fingerprint density at radius 3 is 2.39 bits per heavy atom. The summed E-state index contributed by atoms with van der Waals surface area (Å²) in [5.41, 5.74) is 0.716. The molecular weight excluding hydrogens is 299 g/mol. The first-order valence-electron chi connectivity index (χ1n) is 7.05. The average Bonchev–Trinajstić information content (AvgIpc) is 3.05. The lowest BCUT2D eigenvalue weighted by Crippen LogP contribution is -2.11. The van der Waals surface area contributed by atoms with E-state index in [9.17, 15) is 4.39 Å².